The molecule has 0 bridgehead atoms. The zero-order valence-corrected chi connectivity index (χ0v) is 9.82. The van der Waals surface area contributed by atoms with Crippen molar-refractivity contribution in [1.29, 1.82) is 0 Å². The molecule has 88 valence electrons. The summed E-state index contributed by atoms with van der Waals surface area (Å²) in [5, 5.41) is 3.41. The highest BCUT2D eigenvalue weighted by Crippen LogP contribution is 2.19. The average molecular weight is 220 g/mol. The van der Waals surface area contributed by atoms with Gasteiger partial charge in [0.25, 0.3) is 0 Å². The number of hydrogen-bond acceptors (Lipinski definition) is 4. The lowest BCUT2D eigenvalue weighted by molar-refractivity contribution is 0.345. The number of aromatic nitrogens is 1. The van der Waals surface area contributed by atoms with Crippen molar-refractivity contribution in [1.82, 2.24) is 9.88 Å². The smallest absolute Gasteiger partial charge is 0.0736 e. The normalized spacial score (nSPS) is 21.2. The standard InChI is InChI=1S/C12H20N4/c1-2-16-6-4-10(9-16)7-15-12-3-5-14-8-11(12)13/h3,5,8,10H,2,4,6-7,9,13H2,1H3,(H,14,15). The molecule has 1 unspecified atom stereocenters. The molecule has 1 aromatic heterocycles. The molecule has 1 saturated heterocycles. The van der Waals surface area contributed by atoms with Crippen LogP contribution in [0.3, 0.4) is 0 Å². The molecule has 1 aromatic rings. The summed E-state index contributed by atoms with van der Waals surface area (Å²) in [4.78, 5) is 6.47. The van der Waals surface area contributed by atoms with E-state index in [0.717, 1.165) is 30.4 Å². The van der Waals surface area contributed by atoms with Crippen LogP contribution in [0.5, 0.6) is 0 Å². The van der Waals surface area contributed by atoms with E-state index in [0.29, 0.717) is 0 Å². The van der Waals surface area contributed by atoms with Gasteiger partial charge >= 0.3 is 0 Å². The van der Waals surface area contributed by atoms with Crippen molar-refractivity contribution in [3.05, 3.63) is 18.5 Å². The first-order valence-electron chi connectivity index (χ1n) is 5.95. The van der Waals surface area contributed by atoms with Gasteiger partial charge in [0, 0.05) is 19.3 Å². The second-order valence-electron chi connectivity index (χ2n) is 4.39. The second-order valence-corrected chi connectivity index (χ2v) is 4.39. The van der Waals surface area contributed by atoms with Crippen LogP contribution in [0.1, 0.15) is 13.3 Å². The summed E-state index contributed by atoms with van der Waals surface area (Å²) >= 11 is 0. The van der Waals surface area contributed by atoms with E-state index < -0.39 is 0 Å². The number of hydrogen-bond donors (Lipinski definition) is 2. The van der Waals surface area contributed by atoms with Crippen LogP contribution < -0.4 is 11.1 Å². The molecule has 0 aliphatic carbocycles. The molecule has 3 N–H and O–H groups in total. The minimum Gasteiger partial charge on any atom is -0.396 e. The SMILES string of the molecule is CCN1CCC(CNc2ccncc2N)C1. The lowest BCUT2D eigenvalue weighted by Gasteiger charge is -2.15. The van der Waals surface area contributed by atoms with Crippen LogP contribution in [0.15, 0.2) is 18.5 Å². The van der Waals surface area contributed by atoms with Gasteiger partial charge in [0.15, 0.2) is 0 Å². The maximum Gasteiger partial charge on any atom is 0.0736 e. The Labute approximate surface area is 96.8 Å². The van der Waals surface area contributed by atoms with Gasteiger partial charge < -0.3 is 16.0 Å². The number of nitrogen functional groups attached to an aromatic ring is 1. The molecular weight excluding hydrogens is 200 g/mol. The molecule has 0 radical (unpaired) electrons. The van der Waals surface area contributed by atoms with Crippen LogP contribution in [0.25, 0.3) is 0 Å². The number of nitrogens with two attached hydrogens (primary N) is 1. The van der Waals surface area contributed by atoms with Crippen LogP contribution in [0.4, 0.5) is 11.4 Å². The summed E-state index contributed by atoms with van der Waals surface area (Å²) < 4.78 is 0. The Bertz CT molecular complexity index is 340. The summed E-state index contributed by atoms with van der Waals surface area (Å²) in [5.41, 5.74) is 7.56. The number of rotatable bonds is 4. The van der Waals surface area contributed by atoms with E-state index in [-0.39, 0.29) is 0 Å². The lowest BCUT2D eigenvalue weighted by atomic mass is 10.1. The Morgan fingerprint density at radius 1 is 1.62 bits per heavy atom. The average Bonchev–Trinajstić information content (AvgIpc) is 2.76. The molecular formula is C12H20N4. The minimum atomic E-state index is 0.729. The predicted octanol–water partition coefficient (Wildman–Crippen LogP) is 1.42. The first kappa shape index (κ1) is 11.2. The number of nitrogens with zero attached hydrogens (tertiary/aromatic N) is 2. The van der Waals surface area contributed by atoms with Gasteiger partial charge in [-0.1, -0.05) is 6.92 Å². The van der Waals surface area contributed by atoms with Gasteiger partial charge in [0.1, 0.15) is 0 Å². The molecule has 4 nitrogen and oxygen atoms in total. The predicted molar refractivity (Wildman–Crippen MR) is 67.4 cm³/mol. The fourth-order valence-electron chi connectivity index (χ4n) is 2.19. The van der Waals surface area contributed by atoms with Crippen molar-refractivity contribution >= 4 is 11.4 Å². The molecule has 4 heteroatoms. The summed E-state index contributed by atoms with van der Waals surface area (Å²) in [6.45, 7) is 6.82. The maximum absolute atomic E-state index is 5.82. The Kier molecular flexibility index (Phi) is 3.62. The van der Waals surface area contributed by atoms with Crippen LogP contribution >= 0.6 is 0 Å². The lowest BCUT2D eigenvalue weighted by Crippen LogP contribution is -2.22. The molecule has 1 fully saturated rings. The van der Waals surface area contributed by atoms with Crippen molar-refractivity contribution in [3.63, 3.8) is 0 Å². The summed E-state index contributed by atoms with van der Waals surface area (Å²) in [6.07, 6.45) is 4.74. The zero-order valence-electron chi connectivity index (χ0n) is 9.82. The molecule has 1 aliphatic rings. The molecule has 0 aromatic carbocycles. The molecule has 1 aliphatic heterocycles. The molecule has 0 spiro atoms. The van der Waals surface area contributed by atoms with Crippen molar-refractivity contribution in [2.45, 2.75) is 13.3 Å². The highest BCUT2D eigenvalue weighted by Gasteiger charge is 2.20. The van der Waals surface area contributed by atoms with Gasteiger partial charge in [-0.05, 0) is 31.5 Å². The Morgan fingerprint density at radius 3 is 3.19 bits per heavy atom. The first-order chi connectivity index (χ1) is 7.79. The quantitative estimate of drug-likeness (QED) is 0.805. The minimum absolute atomic E-state index is 0.729. The Hall–Kier alpha value is -1.29. The van der Waals surface area contributed by atoms with E-state index in [9.17, 15) is 0 Å². The van der Waals surface area contributed by atoms with Gasteiger partial charge in [-0.3, -0.25) is 4.98 Å². The van der Waals surface area contributed by atoms with Gasteiger partial charge in [-0.25, -0.2) is 0 Å². The van der Waals surface area contributed by atoms with Crippen LogP contribution in [0.2, 0.25) is 0 Å². The van der Waals surface area contributed by atoms with Crippen LogP contribution in [-0.4, -0.2) is 36.1 Å². The molecule has 2 heterocycles. The molecule has 16 heavy (non-hydrogen) atoms. The third-order valence-electron chi connectivity index (χ3n) is 3.25. The van der Waals surface area contributed by atoms with Crippen molar-refractivity contribution in [2.24, 2.45) is 5.92 Å². The fraction of sp³-hybridized carbons (Fsp3) is 0.583. The Morgan fingerprint density at radius 2 is 2.50 bits per heavy atom. The third-order valence-corrected chi connectivity index (χ3v) is 3.25. The molecule has 0 amide bonds. The third kappa shape index (κ3) is 2.64. The van der Waals surface area contributed by atoms with E-state index >= 15 is 0 Å². The fourth-order valence-corrected chi connectivity index (χ4v) is 2.19. The van der Waals surface area contributed by atoms with Crippen molar-refractivity contribution in [2.75, 3.05) is 37.2 Å². The maximum atomic E-state index is 5.82. The van der Waals surface area contributed by atoms with E-state index in [1.807, 2.05) is 6.07 Å². The molecule has 1 atom stereocenters. The van der Waals surface area contributed by atoms with Gasteiger partial charge in [0.2, 0.25) is 0 Å². The van der Waals surface area contributed by atoms with Crippen LogP contribution in [-0.2, 0) is 0 Å². The monoisotopic (exact) mass is 220 g/mol. The van der Waals surface area contributed by atoms with E-state index in [2.05, 4.69) is 22.1 Å². The summed E-state index contributed by atoms with van der Waals surface area (Å²) in [5.74, 6) is 0.743. The molecule has 0 saturated carbocycles. The second kappa shape index (κ2) is 5.16. The first-order valence-corrected chi connectivity index (χ1v) is 5.95. The summed E-state index contributed by atoms with van der Waals surface area (Å²) in [6, 6.07) is 1.93. The number of nitrogens with one attached hydrogen (secondary N) is 1. The number of pyridine rings is 1. The topological polar surface area (TPSA) is 54.2 Å². The van der Waals surface area contributed by atoms with Crippen molar-refractivity contribution < 1.29 is 0 Å². The highest BCUT2D eigenvalue weighted by molar-refractivity contribution is 5.64. The Balaban J connectivity index is 1.82. The molecule has 2 rings (SSSR count). The van der Waals surface area contributed by atoms with E-state index in [1.165, 1.54) is 19.5 Å². The van der Waals surface area contributed by atoms with Crippen LogP contribution in [0, 0.1) is 5.92 Å². The number of likely N-dealkylation sites (tertiary alicyclic amines) is 1. The summed E-state index contributed by atoms with van der Waals surface area (Å²) in [7, 11) is 0. The van der Waals surface area contributed by atoms with Gasteiger partial charge in [-0.15, -0.1) is 0 Å². The van der Waals surface area contributed by atoms with Gasteiger partial charge in [0.05, 0.1) is 17.6 Å². The largest absolute Gasteiger partial charge is 0.396 e. The van der Waals surface area contributed by atoms with Gasteiger partial charge in [-0.2, -0.15) is 0 Å². The highest BCUT2D eigenvalue weighted by atomic mass is 15.1. The number of anilines is 2. The van der Waals surface area contributed by atoms with Crippen molar-refractivity contribution in [3.8, 4) is 0 Å². The van der Waals surface area contributed by atoms with E-state index in [1.54, 1.807) is 12.4 Å². The van der Waals surface area contributed by atoms with E-state index in [4.69, 9.17) is 5.73 Å². The zero-order chi connectivity index (χ0) is 11.4.